The maximum Gasteiger partial charge on any atom is 0.226 e. The summed E-state index contributed by atoms with van der Waals surface area (Å²) >= 11 is 0. The lowest BCUT2D eigenvalue weighted by Crippen LogP contribution is -2.32. The van der Waals surface area contributed by atoms with Crippen molar-refractivity contribution in [3.8, 4) is 5.82 Å². The second-order valence-electron chi connectivity index (χ2n) is 8.73. The van der Waals surface area contributed by atoms with Gasteiger partial charge in [0.15, 0.2) is 11.6 Å². The molecule has 0 bridgehead atoms. The SMILES string of the molecule is Cc1nc(-n2cnnn2)ccc1C(O)CN1CCCCCN(C2=CC(=O)CC2)C(=O)CCC1. The number of hydrogen-bond acceptors (Lipinski definition) is 8. The minimum Gasteiger partial charge on any atom is -0.387 e. The van der Waals surface area contributed by atoms with Crippen LogP contribution in [0.3, 0.4) is 0 Å². The molecule has 0 radical (unpaired) electrons. The number of aliphatic hydroxyl groups is 1. The van der Waals surface area contributed by atoms with E-state index in [1.165, 1.54) is 11.0 Å². The third-order valence-electron chi connectivity index (χ3n) is 6.31. The van der Waals surface area contributed by atoms with Gasteiger partial charge in [-0.2, -0.15) is 4.68 Å². The van der Waals surface area contributed by atoms with Crippen molar-refractivity contribution in [1.82, 2.24) is 35.0 Å². The van der Waals surface area contributed by atoms with Gasteiger partial charge in [0.2, 0.25) is 5.91 Å². The number of amides is 1. The fraction of sp³-hybridized carbons (Fsp3) is 0.565. The predicted octanol–water partition coefficient (Wildman–Crippen LogP) is 1.74. The van der Waals surface area contributed by atoms with Crippen LogP contribution in [-0.4, -0.2) is 78.0 Å². The number of aromatic nitrogens is 5. The van der Waals surface area contributed by atoms with E-state index in [-0.39, 0.29) is 11.7 Å². The molecule has 1 atom stereocenters. The van der Waals surface area contributed by atoms with E-state index in [1.807, 2.05) is 17.9 Å². The second kappa shape index (κ2) is 10.8. The Morgan fingerprint density at radius 3 is 2.58 bits per heavy atom. The second-order valence-corrected chi connectivity index (χ2v) is 8.73. The molecule has 10 heteroatoms. The Balaban J connectivity index is 1.37. The summed E-state index contributed by atoms with van der Waals surface area (Å²) in [5.74, 6) is 0.811. The average molecular weight is 454 g/mol. The molecule has 0 spiro atoms. The van der Waals surface area contributed by atoms with Crippen molar-refractivity contribution in [1.29, 1.82) is 0 Å². The van der Waals surface area contributed by atoms with Crippen LogP contribution in [0.25, 0.3) is 5.82 Å². The molecule has 1 aliphatic heterocycles. The first-order chi connectivity index (χ1) is 16.0. The van der Waals surface area contributed by atoms with Crippen LogP contribution in [-0.2, 0) is 9.59 Å². The summed E-state index contributed by atoms with van der Waals surface area (Å²) in [5.41, 5.74) is 2.39. The molecule has 0 aromatic carbocycles. The number of tetrazole rings is 1. The molecular weight excluding hydrogens is 422 g/mol. The number of rotatable bonds is 5. The number of allylic oxidation sites excluding steroid dienone is 2. The summed E-state index contributed by atoms with van der Waals surface area (Å²) in [4.78, 5) is 33.1. The van der Waals surface area contributed by atoms with Crippen molar-refractivity contribution in [2.45, 2.75) is 58.0 Å². The van der Waals surface area contributed by atoms with Gasteiger partial charge in [0.1, 0.15) is 6.33 Å². The van der Waals surface area contributed by atoms with Gasteiger partial charge in [-0.25, -0.2) is 4.98 Å². The molecule has 0 saturated carbocycles. The third-order valence-corrected chi connectivity index (χ3v) is 6.31. The van der Waals surface area contributed by atoms with Crippen LogP contribution >= 0.6 is 0 Å². The Bertz CT molecular complexity index is 1010. The number of carbonyl (C=O) groups excluding carboxylic acids is 2. The molecule has 4 rings (SSSR count). The van der Waals surface area contributed by atoms with Crippen LogP contribution in [0.2, 0.25) is 0 Å². The lowest BCUT2D eigenvalue weighted by molar-refractivity contribution is -0.129. The van der Waals surface area contributed by atoms with Gasteiger partial charge in [-0.15, -0.1) is 5.10 Å². The van der Waals surface area contributed by atoms with Crippen molar-refractivity contribution < 1.29 is 14.7 Å². The van der Waals surface area contributed by atoms with Crippen molar-refractivity contribution in [2.75, 3.05) is 26.2 Å². The Morgan fingerprint density at radius 2 is 1.85 bits per heavy atom. The summed E-state index contributed by atoms with van der Waals surface area (Å²) in [6, 6.07) is 3.67. The van der Waals surface area contributed by atoms with Gasteiger partial charge in [0.25, 0.3) is 0 Å². The van der Waals surface area contributed by atoms with E-state index in [9.17, 15) is 14.7 Å². The van der Waals surface area contributed by atoms with Gasteiger partial charge in [0.05, 0.1) is 6.10 Å². The molecule has 3 heterocycles. The molecule has 1 N–H and O–H groups in total. The molecule has 1 aliphatic carbocycles. The van der Waals surface area contributed by atoms with Gasteiger partial charge < -0.3 is 14.9 Å². The standard InChI is InChI=1S/C23H31N7O3/c1-17-20(9-10-22(25-17)30-16-24-26-27-30)21(32)15-28-11-3-2-4-13-29(23(33)6-5-12-28)18-7-8-19(31)14-18/h9-10,14,16,21,32H,2-8,11-13,15H2,1H3. The first kappa shape index (κ1) is 23.2. The first-order valence-corrected chi connectivity index (χ1v) is 11.7. The third kappa shape index (κ3) is 5.88. The van der Waals surface area contributed by atoms with E-state index in [0.717, 1.165) is 55.7 Å². The van der Waals surface area contributed by atoms with Crippen molar-refractivity contribution in [3.05, 3.63) is 41.5 Å². The highest BCUT2D eigenvalue weighted by Gasteiger charge is 2.24. The number of nitrogens with zero attached hydrogens (tertiary/aromatic N) is 7. The van der Waals surface area contributed by atoms with Gasteiger partial charge in [-0.3, -0.25) is 9.59 Å². The quantitative estimate of drug-likeness (QED) is 0.728. The Labute approximate surface area is 193 Å². The summed E-state index contributed by atoms with van der Waals surface area (Å²) in [6.07, 6.45) is 7.70. The van der Waals surface area contributed by atoms with E-state index in [4.69, 9.17) is 0 Å². The molecule has 1 saturated heterocycles. The average Bonchev–Trinajstić information content (AvgIpc) is 3.47. The smallest absolute Gasteiger partial charge is 0.226 e. The highest BCUT2D eigenvalue weighted by atomic mass is 16.3. The Morgan fingerprint density at radius 1 is 1.03 bits per heavy atom. The molecule has 1 unspecified atom stereocenters. The van der Waals surface area contributed by atoms with Crippen LogP contribution in [0, 0.1) is 6.92 Å². The Kier molecular flexibility index (Phi) is 7.56. The van der Waals surface area contributed by atoms with Crippen LogP contribution in [0.15, 0.2) is 30.2 Å². The number of pyridine rings is 1. The molecule has 2 aliphatic rings. The molecule has 2 aromatic rings. The highest BCUT2D eigenvalue weighted by Crippen LogP contribution is 2.23. The fourth-order valence-electron chi connectivity index (χ4n) is 4.54. The van der Waals surface area contributed by atoms with Crippen LogP contribution < -0.4 is 0 Å². The van der Waals surface area contributed by atoms with Gasteiger partial charge >= 0.3 is 0 Å². The summed E-state index contributed by atoms with van der Waals surface area (Å²) in [7, 11) is 0. The zero-order chi connectivity index (χ0) is 23.2. The van der Waals surface area contributed by atoms with E-state index in [0.29, 0.717) is 38.2 Å². The van der Waals surface area contributed by atoms with Gasteiger partial charge in [-0.05, 0) is 62.2 Å². The minimum absolute atomic E-state index is 0.0941. The maximum absolute atomic E-state index is 12.8. The Hall–Kier alpha value is -2.98. The van der Waals surface area contributed by atoms with Crippen molar-refractivity contribution >= 4 is 11.7 Å². The number of aliphatic hydroxyl groups excluding tert-OH is 1. The predicted molar refractivity (Wildman–Crippen MR) is 120 cm³/mol. The van der Waals surface area contributed by atoms with Crippen LogP contribution in [0.1, 0.15) is 62.3 Å². The lowest BCUT2D eigenvalue weighted by Gasteiger charge is -2.26. The molecule has 1 amide bonds. The number of aryl methyl sites for hydroxylation is 1. The molecular formula is C23H31N7O3. The number of β-amino-alcohol motifs (C(OH)–C–C–N with tert-alkyl or cyclic N) is 1. The van der Waals surface area contributed by atoms with Crippen molar-refractivity contribution in [2.24, 2.45) is 0 Å². The highest BCUT2D eigenvalue weighted by molar-refractivity contribution is 5.94. The first-order valence-electron chi connectivity index (χ1n) is 11.7. The van der Waals surface area contributed by atoms with Crippen LogP contribution in [0.4, 0.5) is 0 Å². The number of hydrogen-bond donors (Lipinski definition) is 1. The fourth-order valence-corrected chi connectivity index (χ4v) is 4.54. The molecule has 33 heavy (non-hydrogen) atoms. The topological polar surface area (TPSA) is 117 Å². The van der Waals surface area contributed by atoms with E-state index in [2.05, 4.69) is 25.4 Å². The summed E-state index contributed by atoms with van der Waals surface area (Å²) in [6.45, 7) is 4.66. The van der Waals surface area contributed by atoms with Crippen molar-refractivity contribution in [3.63, 3.8) is 0 Å². The zero-order valence-electron chi connectivity index (χ0n) is 19.1. The van der Waals surface area contributed by atoms with Crippen LogP contribution in [0.5, 0.6) is 0 Å². The normalized spacial score (nSPS) is 19.9. The minimum atomic E-state index is -0.674. The van der Waals surface area contributed by atoms with E-state index >= 15 is 0 Å². The number of carbonyl (C=O) groups is 2. The molecule has 1 fully saturated rings. The lowest BCUT2D eigenvalue weighted by atomic mass is 10.1. The maximum atomic E-state index is 12.8. The zero-order valence-corrected chi connectivity index (χ0v) is 19.1. The van der Waals surface area contributed by atoms with Gasteiger partial charge in [0, 0.05) is 49.0 Å². The van der Waals surface area contributed by atoms with E-state index in [1.54, 1.807) is 12.1 Å². The summed E-state index contributed by atoms with van der Waals surface area (Å²) < 4.78 is 1.48. The summed E-state index contributed by atoms with van der Waals surface area (Å²) in [5, 5.41) is 22.0. The van der Waals surface area contributed by atoms with E-state index < -0.39 is 6.10 Å². The molecule has 2 aromatic heterocycles. The number of ketones is 1. The monoisotopic (exact) mass is 453 g/mol. The van der Waals surface area contributed by atoms with Gasteiger partial charge in [-0.1, -0.05) is 12.5 Å². The molecule has 176 valence electrons. The largest absolute Gasteiger partial charge is 0.387 e. The molecule has 10 nitrogen and oxygen atoms in total.